The summed E-state index contributed by atoms with van der Waals surface area (Å²) in [7, 11) is 0. The smallest absolute Gasteiger partial charge is 0.419 e. The standard InChI is InChI=1S/C9H6F4O2S/c1-16-7-4(8(14)15)2-3-5(6(7)10)9(11,12)13/h2-3H,1H3,(H,14,15). The third kappa shape index (κ3) is 2.29. The third-order valence-corrected chi connectivity index (χ3v) is 2.64. The van der Waals surface area contributed by atoms with Crippen LogP contribution in [0.1, 0.15) is 15.9 Å². The van der Waals surface area contributed by atoms with Crippen molar-refractivity contribution in [2.24, 2.45) is 0 Å². The molecule has 0 aliphatic carbocycles. The Balaban J connectivity index is 3.46. The fourth-order valence-electron chi connectivity index (χ4n) is 1.14. The molecule has 1 N–H and O–H groups in total. The van der Waals surface area contributed by atoms with E-state index in [1.165, 1.54) is 6.26 Å². The zero-order valence-corrected chi connectivity index (χ0v) is 8.75. The highest BCUT2D eigenvalue weighted by Gasteiger charge is 2.36. The van der Waals surface area contributed by atoms with Gasteiger partial charge in [0.2, 0.25) is 0 Å². The normalized spacial score (nSPS) is 11.6. The first-order valence-corrected chi connectivity index (χ1v) is 5.18. The maximum atomic E-state index is 13.4. The Morgan fingerprint density at radius 2 is 1.94 bits per heavy atom. The molecule has 1 aromatic rings. The average Bonchev–Trinajstić information content (AvgIpc) is 2.14. The van der Waals surface area contributed by atoms with Crippen LogP contribution in [0.4, 0.5) is 17.6 Å². The summed E-state index contributed by atoms with van der Waals surface area (Å²) >= 11 is 0.625. The van der Waals surface area contributed by atoms with Crippen molar-refractivity contribution in [3.8, 4) is 0 Å². The molecular formula is C9H6F4O2S. The Labute approximate surface area is 92.3 Å². The molecule has 0 saturated heterocycles. The Morgan fingerprint density at radius 3 is 2.31 bits per heavy atom. The van der Waals surface area contributed by atoms with E-state index in [1.807, 2.05) is 0 Å². The fourth-order valence-corrected chi connectivity index (χ4v) is 1.81. The number of aromatic carboxylic acids is 1. The van der Waals surface area contributed by atoms with Gasteiger partial charge in [0.25, 0.3) is 0 Å². The lowest BCUT2D eigenvalue weighted by molar-refractivity contribution is -0.140. The van der Waals surface area contributed by atoms with E-state index in [-0.39, 0.29) is 0 Å². The van der Waals surface area contributed by atoms with Gasteiger partial charge >= 0.3 is 12.1 Å². The highest BCUT2D eigenvalue weighted by atomic mass is 32.2. The first-order valence-electron chi connectivity index (χ1n) is 3.96. The molecule has 88 valence electrons. The molecule has 0 unspecified atom stereocenters. The van der Waals surface area contributed by atoms with Crippen molar-refractivity contribution in [2.75, 3.05) is 6.26 Å². The van der Waals surface area contributed by atoms with Crippen LogP contribution in [0.2, 0.25) is 0 Å². The molecule has 0 aromatic heterocycles. The second-order valence-corrected chi connectivity index (χ2v) is 3.63. The Bertz CT molecular complexity index is 428. The Kier molecular flexibility index (Phi) is 3.47. The number of hydrogen-bond acceptors (Lipinski definition) is 2. The molecule has 0 heterocycles. The molecule has 0 amide bonds. The van der Waals surface area contributed by atoms with E-state index in [0.717, 1.165) is 6.07 Å². The SMILES string of the molecule is CSc1c(C(=O)O)ccc(C(F)(F)F)c1F. The van der Waals surface area contributed by atoms with Crippen molar-refractivity contribution >= 4 is 17.7 Å². The minimum atomic E-state index is -4.83. The van der Waals surface area contributed by atoms with Crippen LogP contribution in [0.15, 0.2) is 17.0 Å². The molecule has 7 heteroatoms. The highest BCUT2D eigenvalue weighted by molar-refractivity contribution is 7.98. The summed E-state index contributed by atoms with van der Waals surface area (Å²) in [5.41, 5.74) is -1.93. The molecule has 0 radical (unpaired) electrons. The van der Waals surface area contributed by atoms with E-state index in [2.05, 4.69) is 0 Å². The van der Waals surface area contributed by atoms with E-state index in [4.69, 9.17) is 5.11 Å². The summed E-state index contributed by atoms with van der Waals surface area (Å²) in [5, 5.41) is 8.65. The topological polar surface area (TPSA) is 37.3 Å². The number of carboxylic acid groups (broad SMARTS) is 1. The molecule has 2 nitrogen and oxygen atoms in total. The maximum Gasteiger partial charge on any atom is 0.419 e. The second kappa shape index (κ2) is 4.32. The van der Waals surface area contributed by atoms with Gasteiger partial charge < -0.3 is 5.11 Å². The quantitative estimate of drug-likeness (QED) is 0.650. The first kappa shape index (κ1) is 12.8. The number of alkyl halides is 3. The van der Waals surface area contributed by atoms with Crippen LogP contribution in [0.5, 0.6) is 0 Å². The molecule has 0 fully saturated rings. The summed E-state index contributed by atoms with van der Waals surface area (Å²) in [6.07, 6.45) is -3.52. The zero-order chi connectivity index (χ0) is 12.5. The lowest BCUT2D eigenvalue weighted by Crippen LogP contribution is -2.11. The van der Waals surface area contributed by atoms with Crippen LogP contribution in [0.25, 0.3) is 0 Å². The molecule has 0 bridgehead atoms. The number of halogens is 4. The minimum Gasteiger partial charge on any atom is -0.478 e. The van der Waals surface area contributed by atoms with Gasteiger partial charge in [0.1, 0.15) is 5.82 Å². The Hall–Kier alpha value is -1.24. The average molecular weight is 254 g/mol. The van der Waals surface area contributed by atoms with Gasteiger partial charge in [0, 0.05) is 0 Å². The predicted octanol–water partition coefficient (Wildman–Crippen LogP) is 3.26. The highest BCUT2D eigenvalue weighted by Crippen LogP contribution is 2.36. The molecule has 0 atom stereocenters. The summed E-state index contributed by atoms with van der Waals surface area (Å²) in [6.45, 7) is 0. The van der Waals surface area contributed by atoms with Crippen LogP contribution < -0.4 is 0 Å². The lowest BCUT2D eigenvalue weighted by atomic mass is 10.1. The summed E-state index contributed by atoms with van der Waals surface area (Å²) in [4.78, 5) is 10.1. The van der Waals surface area contributed by atoms with E-state index < -0.39 is 34.0 Å². The van der Waals surface area contributed by atoms with Crippen LogP contribution in [0.3, 0.4) is 0 Å². The minimum absolute atomic E-state index is 0.429. The van der Waals surface area contributed by atoms with Gasteiger partial charge in [-0.3, -0.25) is 0 Å². The van der Waals surface area contributed by atoms with Gasteiger partial charge in [0.15, 0.2) is 0 Å². The van der Waals surface area contributed by atoms with E-state index in [9.17, 15) is 22.4 Å². The van der Waals surface area contributed by atoms with Gasteiger partial charge in [0.05, 0.1) is 16.0 Å². The molecular weight excluding hydrogens is 248 g/mol. The molecule has 1 aromatic carbocycles. The molecule has 0 spiro atoms. The van der Waals surface area contributed by atoms with Crippen molar-refractivity contribution in [2.45, 2.75) is 11.1 Å². The predicted molar refractivity (Wildman–Crippen MR) is 50.1 cm³/mol. The van der Waals surface area contributed by atoms with Gasteiger partial charge in [-0.05, 0) is 18.4 Å². The number of rotatable bonds is 2. The monoisotopic (exact) mass is 254 g/mol. The summed E-state index contributed by atoms with van der Waals surface area (Å²) < 4.78 is 50.3. The van der Waals surface area contributed by atoms with Gasteiger partial charge in [-0.15, -0.1) is 11.8 Å². The van der Waals surface area contributed by atoms with Gasteiger partial charge in [-0.25, -0.2) is 9.18 Å². The lowest BCUT2D eigenvalue weighted by Gasteiger charge is -2.11. The number of thioether (sulfide) groups is 1. The van der Waals surface area contributed by atoms with Gasteiger partial charge in [-0.1, -0.05) is 0 Å². The Morgan fingerprint density at radius 1 is 1.38 bits per heavy atom. The summed E-state index contributed by atoms with van der Waals surface area (Å²) in [5.74, 6) is -3.00. The van der Waals surface area contributed by atoms with Crippen LogP contribution in [-0.4, -0.2) is 17.3 Å². The van der Waals surface area contributed by atoms with Crippen molar-refractivity contribution in [1.82, 2.24) is 0 Å². The van der Waals surface area contributed by atoms with Crippen LogP contribution in [0, 0.1) is 5.82 Å². The summed E-state index contributed by atoms with van der Waals surface area (Å²) in [6, 6.07) is 1.18. The molecule has 0 aliphatic heterocycles. The van der Waals surface area contributed by atoms with Crippen molar-refractivity contribution < 1.29 is 27.5 Å². The maximum absolute atomic E-state index is 13.4. The zero-order valence-electron chi connectivity index (χ0n) is 7.93. The molecule has 0 saturated carbocycles. The number of hydrogen-bond donors (Lipinski definition) is 1. The number of carboxylic acids is 1. The first-order chi connectivity index (χ1) is 7.29. The van der Waals surface area contributed by atoms with Crippen molar-refractivity contribution in [3.63, 3.8) is 0 Å². The number of benzene rings is 1. The van der Waals surface area contributed by atoms with Crippen molar-refractivity contribution in [1.29, 1.82) is 0 Å². The number of carbonyl (C=O) groups is 1. The largest absolute Gasteiger partial charge is 0.478 e. The molecule has 0 aliphatic rings. The van der Waals surface area contributed by atoms with Gasteiger partial charge in [-0.2, -0.15) is 13.2 Å². The molecule has 16 heavy (non-hydrogen) atoms. The second-order valence-electron chi connectivity index (χ2n) is 2.81. The van der Waals surface area contributed by atoms with Crippen molar-refractivity contribution in [3.05, 3.63) is 29.1 Å². The fraction of sp³-hybridized carbons (Fsp3) is 0.222. The van der Waals surface area contributed by atoms with E-state index >= 15 is 0 Å². The van der Waals surface area contributed by atoms with Crippen LogP contribution in [-0.2, 0) is 6.18 Å². The van der Waals surface area contributed by atoms with E-state index in [1.54, 1.807) is 0 Å². The van der Waals surface area contributed by atoms with Crippen LogP contribution >= 0.6 is 11.8 Å². The molecule has 1 rings (SSSR count). The van der Waals surface area contributed by atoms with E-state index in [0.29, 0.717) is 17.8 Å². The third-order valence-electron chi connectivity index (χ3n) is 1.84.